The summed E-state index contributed by atoms with van der Waals surface area (Å²) in [4.78, 5) is 21.7. The van der Waals surface area contributed by atoms with Crippen molar-refractivity contribution < 1.29 is 14.3 Å². The van der Waals surface area contributed by atoms with Crippen molar-refractivity contribution in [2.45, 2.75) is 36.4 Å². The third kappa shape index (κ3) is 5.66. The van der Waals surface area contributed by atoms with E-state index in [-0.39, 0.29) is 12.0 Å². The lowest BCUT2D eigenvalue weighted by Gasteiger charge is -2.12. The third-order valence-corrected chi connectivity index (χ3v) is 7.14. The Morgan fingerprint density at radius 1 is 1.20 bits per heavy atom. The molecule has 1 aliphatic rings. The Morgan fingerprint density at radius 2 is 2.09 bits per heavy atom. The average molecular weight is 489 g/mol. The fraction of sp³-hybridized carbons (Fsp3) is 0.296. The van der Waals surface area contributed by atoms with Gasteiger partial charge in [-0.1, -0.05) is 36.0 Å². The van der Waals surface area contributed by atoms with Gasteiger partial charge in [0.25, 0.3) is 5.91 Å². The molecule has 1 saturated heterocycles. The number of aromatic nitrogens is 3. The average Bonchev–Trinajstić information content (AvgIpc) is 3.55. The van der Waals surface area contributed by atoms with Crippen molar-refractivity contribution in [3.05, 3.63) is 83.7 Å². The SMILES string of the molecule is COc1cccc(CSc2nc3ccncc3n2Cc2ccc(C(=O)NC[C@H]3CCCO3)cc2)c1. The predicted octanol–water partition coefficient (Wildman–Crippen LogP) is 4.69. The van der Waals surface area contributed by atoms with Gasteiger partial charge in [0, 0.05) is 30.7 Å². The van der Waals surface area contributed by atoms with Crippen LogP contribution in [0.15, 0.2) is 72.1 Å². The number of hydrogen-bond donors (Lipinski definition) is 1. The lowest BCUT2D eigenvalue weighted by molar-refractivity contribution is 0.0858. The summed E-state index contributed by atoms with van der Waals surface area (Å²) in [5, 5.41) is 3.91. The maximum Gasteiger partial charge on any atom is 0.251 e. The van der Waals surface area contributed by atoms with Crippen LogP contribution >= 0.6 is 11.8 Å². The molecule has 7 nitrogen and oxygen atoms in total. The summed E-state index contributed by atoms with van der Waals surface area (Å²) < 4.78 is 13.1. The summed E-state index contributed by atoms with van der Waals surface area (Å²) in [6.07, 6.45) is 5.82. The van der Waals surface area contributed by atoms with E-state index >= 15 is 0 Å². The van der Waals surface area contributed by atoms with Gasteiger partial charge >= 0.3 is 0 Å². The minimum Gasteiger partial charge on any atom is -0.497 e. The number of hydrogen-bond acceptors (Lipinski definition) is 6. The Kier molecular flexibility index (Phi) is 7.30. The first-order valence-corrected chi connectivity index (χ1v) is 12.7. The molecule has 35 heavy (non-hydrogen) atoms. The van der Waals surface area contributed by atoms with Crippen molar-refractivity contribution in [3.8, 4) is 5.75 Å². The Balaban J connectivity index is 1.30. The molecule has 0 saturated carbocycles. The lowest BCUT2D eigenvalue weighted by Crippen LogP contribution is -2.31. The van der Waals surface area contributed by atoms with Crippen LogP contribution in [0.25, 0.3) is 11.0 Å². The van der Waals surface area contributed by atoms with Crippen LogP contribution in [0.5, 0.6) is 5.75 Å². The summed E-state index contributed by atoms with van der Waals surface area (Å²) in [5.41, 5.74) is 4.81. The van der Waals surface area contributed by atoms with Crippen molar-refractivity contribution in [1.82, 2.24) is 19.9 Å². The number of imidazole rings is 1. The normalized spacial score (nSPS) is 15.4. The van der Waals surface area contributed by atoms with Crippen molar-refractivity contribution in [1.29, 1.82) is 0 Å². The lowest BCUT2D eigenvalue weighted by atomic mass is 10.1. The number of ether oxygens (including phenoxy) is 2. The molecule has 4 aromatic rings. The molecule has 1 amide bonds. The highest BCUT2D eigenvalue weighted by Gasteiger charge is 2.17. The first-order chi connectivity index (χ1) is 17.2. The minimum atomic E-state index is -0.0705. The number of methoxy groups -OCH3 is 1. The first kappa shape index (κ1) is 23.4. The van der Waals surface area contributed by atoms with Gasteiger partial charge in [0.15, 0.2) is 5.16 Å². The second-order valence-corrected chi connectivity index (χ2v) is 9.47. The van der Waals surface area contributed by atoms with Crippen LogP contribution in [0.4, 0.5) is 0 Å². The van der Waals surface area contributed by atoms with Crippen LogP contribution in [-0.4, -0.2) is 46.8 Å². The zero-order chi connectivity index (χ0) is 24.0. The molecule has 0 spiro atoms. The number of nitrogens with one attached hydrogen (secondary N) is 1. The molecule has 0 unspecified atom stereocenters. The highest BCUT2D eigenvalue weighted by Crippen LogP contribution is 2.28. The van der Waals surface area contributed by atoms with E-state index in [0.717, 1.165) is 52.7 Å². The second kappa shape index (κ2) is 10.9. The Labute approximate surface area is 208 Å². The van der Waals surface area contributed by atoms with Gasteiger partial charge in [-0.15, -0.1) is 0 Å². The molecule has 5 rings (SSSR count). The Morgan fingerprint density at radius 3 is 2.89 bits per heavy atom. The quantitative estimate of drug-likeness (QED) is 0.345. The molecule has 1 aliphatic heterocycles. The molecule has 3 heterocycles. The standard InChI is InChI=1S/C27H28N4O3S/c1-33-22-5-2-4-20(14-22)18-35-27-30-24-11-12-28-16-25(24)31(27)17-19-7-9-21(10-8-19)26(32)29-15-23-6-3-13-34-23/h2,4-5,7-12,14,16,23H,3,6,13,15,17-18H2,1H3,(H,29,32)/t23-/m1/s1. The minimum absolute atomic E-state index is 0.0705. The fourth-order valence-corrected chi connectivity index (χ4v) is 5.14. The molecule has 1 fully saturated rings. The van der Waals surface area contributed by atoms with E-state index in [1.807, 2.05) is 54.7 Å². The molecule has 8 heteroatoms. The van der Waals surface area contributed by atoms with E-state index in [9.17, 15) is 4.79 Å². The molecular weight excluding hydrogens is 460 g/mol. The van der Waals surface area contributed by atoms with E-state index in [1.165, 1.54) is 5.56 Å². The Bertz CT molecular complexity index is 1300. The summed E-state index contributed by atoms with van der Waals surface area (Å²) in [5.74, 6) is 1.55. The van der Waals surface area contributed by atoms with Crippen molar-refractivity contribution >= 4 is 28.7 Å². The molecule has 1 N–H and O–H groups in total. The van der Waals surface area contributed by atoms with Crippen LogP contribution in [-0.2, 0) is 17.0 Å². The van der Waals surface area contributed by atoms with Gasteiger partial charge in [0.1, 0.15) is 5.75 Å². The van der Waals surface area contributed by atoms with E-state index in [0.29, 0.717) is 18.7 Å². The highest BCUT2D eigenvalue weighted by molar-refractivity contribution is 7.98. The monoisotopic (exact) mass is 488 g/mol. The summed E-state index contributed by atoms with van der Waals surface area (Å²) in [7, 11) is 1.68. The van der Waals surface area contributed by atoms with Gasteiger partial charge < -0.3 is 19.4 Å². The topological polar surface area (TPSA) is 78.3 Å². The molecule has 0 aliphatic carbocycles. The van der Waals surface area contributed by atoms with Crippen molar-refractivity contribution in [2.24, 2.45) is 0 Å². The van der Waals surface area contributed by atoms with Crippen molar-refractivity contribution in [3.63, 3.8) is 0 Å². The number of pyridine rings is 1. The zero-order valence-electron chi connectivity index (χ0n) is 19.6. The molecule has 2 aromatic heterocycles. The van der Waals surface area contributed by atoms with Gasteiger partial charge in [-0.25, -0.2) is 4.98 Å². The van der Waals surface area contributed by atoms with Crippen LogP contribution in [0.1, 0.15) is 34.3 Å². The smallest absolute Gasteiger partial charge is 0.251 e. The van der Waals surface area contributed by atoms with Crippen molar-refractivity contribution in [2.75, 3.05) is 20.3 Å². The molecule has 1 atom stereocenters. The molecule has 0 bridgehead atoms. The maximum atomic E-state index is 12.5. The highest BCUT2D eigenvalue weighted by atomic mass is 32.2. The summed E-state index contributed by atoms with van der Waals surface area (Å²) in [6.45, 7) is 1.98. The largest absolute Gasteiger partial charge is 0.497 e. The molecule has 2 aromatic carbocycles. The Hall–Kier alpha value is -3.36. The summed E-state index contributed by atoms with van der Waals surface area (Å²) >= 11 is 1.68. The number of nitrogens with zero attached hydrogens (tertiary/aromatic N) is 3. The molecule has 0 radical (unpaired) electrons. The van der Waals surface area contributed by atoms with E-state index in [2.05, 4.69) is 20.9 Å². The summed E-state index contributed by atoms with van der Waals surface area (Å²) in [6, 6.07) is 17.8. The number of carbonyl (C=O) groups excluding carboxylic acids is 1. The zero-order valence-corrected chi connectivity index (χ0v) is 20.5. The van der Waals surface area contributed by atoms with E-state index < -0.39 is 0 Å². The van der Waals surface area contributed by atoms with Crippen LogP contribution in [0.2, 0.25) is 0 Å². The molecular formula is C27H28N4O3S. The van der Waals surface area contributed by atoms with Crippen LogP contribution < -0.4 is 10.1 Å². The van der Waals surface area contributed by atoms with Crippen LogP contribution in [0.3, 0.4) is 0 Å². The fourth-order valence-electron chi connectivity index (χ4n) is 4.18. The van der Waals surface area contributed by atoms with E-state index in [1.54, 1.807) is 25.1 Å². The third-order valence-electron chi connectivity index (χ3n) is 6.09. The van der Waals surface area contributed by atoms with Crippen LogP contribution in [0, 0.1) is 0 Å². The van der Waals surface area contributed by atoms with Gasteiger partial charge in [0.2, 0.25) is 0 Å². The van der Waals surface area contributed by atoms with Gasteiger partial charge in [-0.2, -0.15) is 0 Å². The molecule has 180 valence electrons. The maximum absolute atomic E-state index is 12.5. The number of thioether (sulfide) groups is 1. The van der Waals surface area contributed by atoms with E-state index in [4.69, 9.17) is 14.5 Å². The number of benzene rings is 2. The second-order valence-electron chi connectivity index (χ2n) is 8.53. The number of fused-ring (bicyclic) bond motifs is 1. The van der Waals surface area contributed by atoms with Gasteiger partial charge in [-0.3, -0.25) is 9.78 Å². The predicted molar refractivity (Wildman–Crippen MR) is 137 cm³/mol. The van der Waals surface area contributed by atoms with Gasteiger partial charge in [0.05, 0.1) is 37.0 Å². The van der Waals surface area contributed by atoms with Gasteiger partial charge in [-0.05, 0) is 54.3 Å². The number of carbonyl (C=O) groups is 1. The number of rotatable bonds is 9. The number of amides is 1. The first-order valence-electron chi connectivity index (χ1n) is 11.7.